The number of benzene rings is 1. The minimum absolute atomic E-state index is 0.212. The van der Waals surface area contributed by atoms with Gasteiger partial charge in [-0.2, -0.15) is 0 Å². The van der Waals surface area contributed by atoms with Crippen molar-refractivity contribution in [1.29, 1.82) is 0 Å². The first-order valence-corrected chi connectivity index (χ1v) is 7.61. The molecule has 1 aromatic carbocycles. The van der Waals surface area contributed by atoms with E-state index in [-0.39, 0.29) is 6.04 Å². The summed E-state index contributed by atoms with van der Waals surface area (Å²) < 4.78 is 13.7. The second kappa shape index (κ2) is 6.22. The Morgan fingerprint density at radius 3 is 2.76 bits per heavy atom. The summed E-state index contributed by atoms with van der Waals surface area (Å²) in [5, 5.41) is 3.58. The third kappa shape index (κ3) is 2.76. The van der Waals surface area contributed by atoms with E-state index in [0.29, 0.717) is 13.2 Å². The van der Waals surface area contributed by atoms with Crippen molar-refractivity contribution in [3.05, 3.63) is 47.8 Å². The van der Waals surface area contributed by atoms with Crippen LogP contribution >= 0.6 is 0 Å². The van der Waals surface area contributed by atoms with Crippen LogP contribution in [0.1, 0.15) is 31.1 Å². The van der Waals surface area contributed by atoms with Gasteiger partial charge in [-0.25, -0.2) is 0 Å². The highest BCUT2D eigenvalue weighted by molar-refractivity contribution is 5.45. The molecule has 2 aromatic rings. The zero-order valence-electron chi connectivity index (χ0n) is 12.6. The van der Waals surface area contributed by atoms with Crippen LogP contribution in [-0.4, -0.2) is 24.3 Å². The Labute approximate surface area is 125 Å². The molecule has 0 radical (unpaired) electrons. The van der Waals surface area contributed by atoms with Crippen LogP contribution in [0.4, 0.5) is 0 Å². The number of rotatable bonds is 5. The molecule has 0 fully saturated rings. The van der Waals surface area contributed by atoms with E-state index in [2.05, 4.69) is 40.3 Å². The molecule has 1 aromatic heterocycles. The van der Waals surface area contributed by atoms with Crippen LogP contribution in [0.3, 0.4) is 0 Å². The SMILES string of the molecule is CCOc1ccc(C2NCCn3cccc32)cc1OCC. The Bertz CT molecular complexity index is 607. The predicted octanol–water partition coefficient (Wildman–Crippen LogP) is 2.98. The quantitative estimate of drug-likeness (QED) is 0.918. The normalized spacial score (nSPS) is 17.3. The Kier molecular flexibility index (Phi) is 4.15. The van der Waals surface area contributed by atoms with Crippen LogP contribution in [-0.2, 0) is 6.54 Å². The lowest BCUT2D eigenvalue weighted by Gasteiger charge is -2.27. The van der Waals surface area contributed by atoms with Gasteiger partial charge < -0.3 is 19.4 Å². The van der Waals surface area contributed by atoms with Crippen LogP contribution in [0, 0.1) is 0 Å². The molecule has 1 aliphatic heterocycles. The maximum absolute atomic E-state index is 5.73. The molecule has 1 unspecified atom stereocenters. The first-order valence-electron chi connectivity index (χ1n) is 7.61. The summed E-state index contributed by atoms with van der Waals surface area (Å²) >= 11 is 0. The van der Waals surface area contributed by atoms with Gasteiger partial charge in [0, 0.05) is 25.0 Å². The molecule has 0 saturated carbocycles. The summed E-state index contributed by atoms with van der Waals surface area (Å²) in [5.41, 5.74) is 2.51. The zero-order valence-corrected chi connectivity index (χ0v) is 12.6. The lowest BCUT2D eigenvalue weighted by Crippen LogP contribution is -2.33. The fourth-order valence-electron chi connectivity index (χ4n) is 2.86. The first kappa shape index (κ1) is 14.0. The molecular weight excluding hydrogens is 264 g/mol. The molecule has 3 rings (SSSR count). The van der Waals surface area contributed by atoms with E-state index in [1.165, 1.54) is 11.3 Å². The van der Waals surface area contributed by atoms with Crippen LogP contribution in [0.25, 0.3) is 0 Å². The van der Waals surface area contributed by atoms with Crippen molar-refractivity contribution in [2.24, 2.45) is 0 Å². The summed E-state index contributed by atoms with van der Waals surface area (Å²) in [6, 6.07) is 10.7. The topological polar surface area (TPSA) is 35.4 Å². The van der Waals surface area contributed by atoms with Gasteiger partial charge >= 0.3 is 0 Å². The van der Waals surface area contributed by atoms with Crippen molar-refractivity contribution >= 4 is 0 Å². The Hall–Kier alpha value is -1.94. The van der Waals surface area contributed by atoms with Gasteiger partial charge in [-0.15, -0.1) is 0 Å². The highest BCUT2D eigenvalue weighted by Crippen LogP contribution is 2.33. The number of aromatic nitrogens is 1. The van der Waals surface area contributed by atoms with Gasteiger partial charge in [0.2, 0.25) is 0 Å². The first-order chi connectivity index (χ1) is 10.3. The van der Waals surface area contributed by atoms with E-state index in [0.717, 1.165) is 24.6 Å². The van der Waals surface area contributed by atoms with Crippen molar-refractivity contribution in [2.45, 2.75) is 26.4 Å². The van der Waals surface area contributed by atoms with Gasteiger partial charge in [0.05, 0.1) is 19.3 Å². The summed E-state index contributed by atoms with van der Waals surface area (Å²) in [6.07, 6.45) is 2.14. The molecular formula is C17H22N2O2. The van der Waals surface area contributed by atoms with Gasteiger partial charge in [0.15, 0.2) is 11.5 Å². The van der Waals surface area contributed by atoms with Crippen molar-refractivity contribution in [2.75, 3.05) is 19.8 Å². The minimum Gasteiger partial charge on any atom is -0.490 e. The van der Waals surface area contributed by atoms with E-state index < -0.39 is 0 Å². The average Bonchev–Trinajstić information content (AvgIpc) is 2.98. The molecule has 1 atom stereocenters. The van der Waals surface area contributed by atoms with E-state index in [4.69, 9.17) is 9.47 Å². The molecule has 21 heavy (non-hydrogen) atoms. The van der Waals surface area contributed by atoms with Crippen LogP contribution < -0.4 is 14.8 Å². The second-order valence-corrected chi connectivity index (χ2v) is 5.09. The van der Waals surface area contributed by atoms with E-state index in [1.54, 1.807) is 0 Å². The van der Waals surface area contributed by atoms with Crippen LogP contribution in [0.5, 0.6) is 11.5 Å². The average molecular weight is 286 g/mol. The third-order valence-corrected chi connectivity index (χ3v) is 3.76. The number of hydrogen-bond donors (Lipinski definition) is 1. The van der Waals surface area contributed by atoms with Gasteiger partial charge in [-0.1, -0.05) is 6.07 Å². The largest absolute Gasteiger partial charge is 0.490 e. The molecule has 4 heteroatoms. The monoisotopic (exact) mass is 286 g/mol. The van der Waals surface area contributed by atoms with Gasteiger partial charge in [0.25, 0.3) is 0 Å². The molecule has 0 bridgehead atoms. The van der Waals surface area contributed by atoms with Crippen molar-refractivity contribution in [1.82, 2.24) is 9.88 Å². The third-order valence-electron chi connectivity index (χ3n) is 3.76. The molecule has 2 heterocycles. The Morgan fingerprint density at radius 2 is 1.95 bits per heavy atom. The Balaban J connectivity index is 1.95. The van der Waals surface area contributed by atoms with Crippen molar-refractivity contribution < 1.29 is 9.47 Å². The number of hydrogen-bond acceptors (Lipinski definition) is 3. The number of nitrogens with zero attached hydrogens (tertiary/aromatic N) is 1. The van der Waals surface area contributed by atoms with Crippen molar-refractivity contribution in [3.63, 3.8) is 0 Å². The Morgan fingerprint density at radius 1 is 1.14 bits per heavy atom. The lowest BCUT2D eigenvalue weighted by atomic mass is 10.0. The zero-order chi connectivity index (χ0) is 14.7. The second-order valence-electron chi connectivity index (χ2n) is 5.09. The number of ether oxygens (including phenoxy) is 2. The maximum Gasteiger partial charge on any atom is 0.161 e. The van der Waals surface area contributed by atoms with E-state index in [9.17, 15) is 0 Å². The molecule has 1 aliphatic rings. The smallest absolute Gasteiger partial charge is 0.161 e. The van der Waals surface area contributed by atoms with Gasteiger partial charge in [-0.3, -0.25) is 0 Å². The highest BCUT2D eigenvalue weighted by atomic mass is 16.5. The van der Waals surface area contributed by atoms with E-state index >= 15 is 0 Å². The van der Waals surface area contributed by atoms with Crippen LogP contribution in [0.15, 0.2) is 36.5 Å². The fraction of sp³-hybridized carbons (Fsp3) is 0.412. The maximum atomic E-state index is 5.73. The van der Waals surface area contributed by atoms with Gasteiger partial charge in [-0.05, 0) is 43.7 Å². The molecule has 0 amide bonds. The number of fused-ring (bicyclic) bond motifs is 1. The summed E-state index contributed by atoms with van der Waals surface area (Å²) in [5.74, 6) is 1.64. The molecule has 4 nitrogen and oxygen atoms in total. The number of nitrogens with one attached hydrogen (secondary N) is 1. The minimum atomic E-state index is 0.212. The molecule has 1 N–H and O–H groups in total. The van der Waals surface area contributed by atoms with Crippen LogP contribution in [0.2, 0.25) is 0 Å². The predicted molar refractivity (Wildman–Crippen MR) is 83.1 cm³/mol. The summed E-state index contributed by atoms with van der Waals surface area (Å²) in [6.45, 7) is 7.26. The van der Waals surface area contributed by atoms with Gasteiger partial charge in [0.1, 0.15) is 0 Å². The standard InChI is InChI=1S/C17H22N2O2/c1-3-20-15-8-7-13(12-16(15)21-4-2)17-14-6-5-10-19(14)11-9-18-17/h5-8,10,12,17-18H,3-4,9,11H2,1-2H3. The fourth-order valence-corrected chi connectivity index (χ4v) is 2.86. The van der Waals surface area contributed by atoms with Crippen molar-refractivity contribution in [3.8, 4) is 11.5 Å². The molecule has 0 aliphatic carbocycles. The summed E-state index contributed by atoms with van der Waals surface area (Å²) in [4.78, 5) is 0. The summed E-state index contributed by atoms with van der Waals surface area (Å²) in [7, 11) is 0. The molecule has 0 saturated heterocycles. The highest BCUT2D eigenvalue weighted by Gasteiger charge is 2.22. The molecule has 112 valence electrons. The lowest BCUT2D eigenvalue weighted by molar-refractivity contribution is 0.287. The molecule has 0 spiro atoms. The van der Waals surface area contributed by atoms with E-state index in [1.807, 2.05) is 19.9 Å².